The lowest BCUT2D eigenvalue weighted by atomic mass is 9.93. The molecule has 6 aromatic carbocycles. The van der Waals surface area contributed by atoms with Gasteiger partial charge in [-0.25, -0.2) is 59.8 Å². The van der Waals surface area contributed by atoms with Crippen molar-refractivity contribution in [3.63, 3.8) is 0 Å². The maximum absolute atomic E-state index is 16.1. The van der Waals surface area contributed by atoms with E-state index in [9.17, 15) is 5.26 Å². The van der Waals surface area contributed by atoms with Gasteiger partial charge in [-0.2, -0.15) is 18.4 Å². The van der Waals surface area contributed by atoms with E-state index in [1.165, 1.54) is 12.1 Å². The first-order chi connectivity index (χ1) is 36.5. The van der Waals surface area contributed by atoms with E-state index in [4.69, 9.17) is 0 Å². The summed E-state index contributed by atoms with van der Waals surface area (Å²) in [5, 5.41) is 13.5. The van der Waals surface area contributed by atoms with Crippen LogP contribution in [0.5, 0.6) is 0 Å². The van der Waals surface area contributed by atoms with Gasteiger partial charge in [0.15, 0.2) is 23.3 Å². The van der Waals surface area contributed by atoms with Gasteiger partial charge in [0, 0.05) is 54.9 Å². The van der Waals surface area contributed by atoms with E-state index >= 15 is 13.2 Å². The van der Waals surface area contributed by atoms with E-state index in [2.05, 4.69) is 65.9 Å². The second kappa shape index (κ2) is 17.7. The number of alkyl halides is 3. The number of fused-ring (bicyclic) bond motifs is 6. The number of halogens is 3. The Morgan fingerprint density at radius 3 is 1.03 bits per heavy atom. The normalized spacial score (nSPS) is 11.9. The molecule has 0 aliphatic heterocycles. The molecule has 6 heterocycles. The zero-order chi connectivity index (χ0) is 52.9. The number of rotatable bonds is 7. The molecule has 0 radical (unpaired) electrons. The summed E-state index contributed by atoms with van der Waals surface area (Å²) in [6.07, 6.45) is -4.86. The van der Waals surface area contributed by atoms with Crippen LogP contribution in [0.25, 0.3) is 112 Å². The number of hydrogen-bond acceptors (Lipinski definition) is 13. The number of nitriles is 1. The Balaban J connectivity index is 1.17. The molecule has 12 rings (SSSR count). The number of nitrogens with zero attached hydrogens (tertiary/aromatic N) is 15. The molecule has 0 saturated carbocycles. The summed E-state index contributed by atoms with van der Waals surface area (Å²) in [5.41, 5.74) is 5.23. The van der Waals surface area contributed by atoms with Crippen molar-refractivity contribution < 1.29 is 13.2 Å². The third-order valence-electron chi connectivity index (χ3n) is 13.2. The van der Waals surface area contributed by atoms with Crippen molar-refractivity contribution in [1.29, 1.82) is 5.26 Å². The second-order valence-corrected chi connectivity index (χ2v) is 18.7. The molecule has 0 aliphatic carbocycles. The SMILES string of the molecule is Cc1nc(C)nc(-c2ccc3c(c2)c2cc(-c4nc(C)nc(C)n4)ccc2n3-c2ccc(C#N)cc2-c2c(-n3c4ccc(-c5nc(C)nc(C)n5)cc4c4cc(-c5nc(C)nc(C)n5)ccc43)cccc2C(F)(F)F)n1. The minimum atomic E-state index is -4.86. The fourth-order valence-electron chi connectivity index (χ4n) is 10.3. The van der Waals surface area contributed by atoms with Gasteiger partial charge >= 0.3 is 6.18 Å². The molecule has 6 aromatic heterocycles. The van der Waals surface area contributed by atoms with Gasteiger partial charge < -0.3 is 9.13 Å². The standard InChI is InChI=1S/C58H42F3N15/c1-28-63-29(2)68-54(67-28)37-13-18-47-41(23-37)42-24-38(55-69-30(3)64-31(4)70-55)14-19-48(42)75(47)51-17-12-36(27-62)22-45(51)53-46(58(59,60)61)10-9-11-52(53)76-49-20-15-39(56-71-32(5)65-33(6)72-56)25-43(49)44-26-40(16-21-50(44)76)57-73-34(7)66-35(8)74-57/h9-26H,1-8H3. The fourth-order valence-corrected chi connectivity index (χ4v) is 10.3. The second-order valence-electron chi connectivity index (χ2n) is 18.7. The van der Waals surface area contributed by atoms with E-state index in [0.717, 1.165) is 16.8 Å². The van der Waals surface area contributed by atoms with Gasteiger partial charge in [-0.1, -0.05) is 6.07 Å². The molecule has 370 valence electrons. The molecular weight excluding hydrogens is 964 g/mol. The highest BCUT2D eigenvalue weighted by molar-refractivity contribution is 6.14. The minimum Gasteiger partial charge on any atom is -0.309 e. The van der Waals surface area contributed by atoms with E-state index in [0.29, 0.717) is 131 Å². The van der Waals surface area contributed by atoms with E-state index in [-0.39, 0.29) is 22.4 Å². The van der Waals surface area contributed by atoms with Crippen molar-refractivity contribution in [2.75, 3.05) is 0 Å². The molecule has 0 atom stereocenters. The lowest BCUT2D eigenvalue weighted by molar-refractivity contribution is -0.137. The van der Waals surface area contributed by atoms with Gasteiger partial charge in [0.2, 0.25) is 0 Å². The molecule has 0 aliphatic rings. The van der Waals surface area contributed by atoms with Crippen LogP contribution in [0.4, 0.5) is 13.2 Å². The molecule has 0 saturated heterocycles. The Morgan fingerprint density at radius 2 is 0.711 bits per heavy atom. The molecule has 0 fully saturated rings. The predicted octanol–water partition coefficient (Wildman–Crippen LogP) is 12.3. The Labute approximate surface area is 432 Å². The first-order valence-electron chi connectivity index (χ1n) is 24.2. The number of hydrogen-bond donors (Lipinski definition) is 0. The van der Waals surface area contributed by atoms with Crippen LogP contribution < -0.4 is 0 Å². The average Bonchev–Trinajstić information content (AvgIpc) is 4.02. The van der Waals surface area contributed by atoms with Crippen molar-refractivity contribution in [3.05, 3.63) is 167 Å². The van der Waals surface area contributed by atoms with Crippen molar-refractivity contribution in [2.24, 2.45) is 0 Å². The number of aryl methyl sites for hydroxylation is 8. The summed E-state index contributed by atoms with van der Waals surface area (Å²) >= 11 is 0. The van der Waals surface area contributed by atoms with Crippen LogP contribution >= 0.6 is 0 Å². The molecule has 0 spiro atoms. The van der Waals surface area contributed by atoms with Gasteiger partial charge in [0.05, 0.1) is 50.6 Å². The lowest BCUT2D eigenvalue weighted by Gasteiger charge is -2.22. The van der Waals surface area contributed by atoms with Gasteiger partial charge in [0.1, 0.15) is 46.6 Å². The van der Waals surface area contributed by atoms with E-state index < -0.39 is 11.7 Å². The molecule has 0 N–H and O–H groups in total. The van der Waals surface area contributed by atoms with Crippen LogP contribution in [0.3, 0.4) is 0 Å². The van der Waals surface area contributed by atoms with Crippen LogP contribution in [-0.2, 0) is 6.18 Å². The maximum Gasteiger partial charge on any atom is 0.417 e. The molecule has 0 unspecified atom stereocenters. The Hall–Kier alpha value is -9.76. The van der Waals surface area contributed by atoms with E-state index in [1.807, 2.05) is 81.9 Å². The van der Waals surface area contributed by atoms with Gasteiger partial charge in [-0.3, -0.25) is 0 Å². The van der Waals surface area contributed by atoms with Crippen LogP contribution in [0.1, 0.15) is 57.7 Å². The molecule has 18 heteroatoms. The van der Waals surface area contributed by atoms with E-state index in [1.54, 1.807) is 73.6 Å². The summed E-state index contributed by atoms with van der Waals surface area (Å²) in [5.74, 6) is 6.24. The summed E-state index contributed by atoms with van der Waals surface area (Å²) in [4.78, 5) is 54.8. The summed E-state index contributed by atoms with van der Waals surface area (Å²) in [6.45, 7) is 14.4. The highest BCUT2D eigenvalue weighted by Crippen LogP contribution is 2.47. The first-order valence-corrected chi connectivity index (χ1v) is 24.2. The highest BCUT2D eigenvalue weighted by Gasteiger charge is 2.37. The summed E-state index contributed by atoms with van der Waals surface area (Å²) in [6, 6.07) is 34.2. The summed E-state index contributed by atoms with van der Waals surface area (Å²) < 4.78 is 52.2. The molecule has 12 aromatic rings. The fraction of sp³-hybridized carbons (Fsp3) is 0.155. The van der Waals surface area contributed by atoms with Gasteiger partial charge in [-0.15, -0.1) is 0 Å². The zero-order valence-electron chi connectivity index (χ0n) is 42.2. The zero-order valence-corrected chi connectivity index (χ0v) is 42.2. The maximum atomic E-state index is 16.1. The number of benzene rings is 6. The smallest absolute Gasteiger partial charge is 0.309 e. The largest absolute Gasteiger partial charge is 0.417 e. The van der Waals surface area contributed by atoms with Crippen molar-refractivity contribution in [2.45, 2.75) is 61.6 Å². The van der Waals surface area contributed by atoms with Crippen LogP contribution in [0, 0.1) is 66.7 Å². The van der Waals surface area contributed by atoms with Crippen molar-refractivity contribution in [3.8, 4) is 74.1 Å². The van der Waals surface area contributed by atoms with Crippen LogP contribution in [0.2, 0.25) is 0 Å². The molecule has 15 nitrogen and oxygen atoms in total. The predicted molar refractivity (Wildman–Crippen MR) is 283 cm³/mol. The monoisotopic (exact) mass is 1010 g/mol. The van der Waals surface area contributed by atoms with Crippen molar-refractivity contribution >= 4 is 43.6 Å². The molecule has 76 heavy (non-hydrogen) atoms. The van der Waals surface area contributed by atoms with Gasteiger partial charge in [-0.05, 0) is 159 Å². The Bertz CT molecular complexity index is 4180. The van der Waals surface area contributed by atoms with Crippen LogP contribution in [0.15, 0.2) is 109 Å². The molecule has 0 bridgehead atoms. The quantitative estimate of drug-likeness (QED) is 0.147. The third-order valence-corrected chi connectivity index (χ3v) is 13.2. The lowest BCUT2D eigenvalue weighted by Crippen LogP contribution is -2.11. The Morgan fingerprint density at radius 1 is 0.382 bits per heavy atom. The topological polar surface area (TPSA) is 188 Å². The van der Waals surface area contributed by atoms with Crippen LogP contribution in [-0.4, -0.2) is 68.9 Å². The van der Waals surface area contributed by atoms with Crippen molar-refractivity contribution in [1.82, 2.24) is 68.9 Å². The molecule has 0 amide bonds. The summed E-state index contributed by atoms with van der Waals surface area (Å²) in [7, 11) is 0. The Kier molecular flexibility index (Phi) is 11.0. The van der Waals surface area contributed by atoms with Gasteiger partial charge in [0.25, 0.3) is 0 Å². The first kappa shape index (κ1) is 47.3. The number of aromatic nitrogens is 14. The minimum absolute atomic E-state index is 0.142. The average molecular weight is 1010 g/mol. The highest BCUT2D eigenvalue weighted by atomic mass is 19.4. The molecular formula is C58H42F3N15. The third kappa shape index (κ3) is 8.18.